The number of nitrogens with zero attached hydrogens (tertiary/aromatic N) is 3. The summed E-state index contributed by atoms with van der Waals surface area (Å²) in [6.45, 7) is 5.39. The number of aromatic nitrogens is 2. The molecule has 0 saturated carbocycles. The fourth-order valence-electron chi connectivity index (χ4n) is 2.84. The minimum atomic E-state index is -0.717. The smallest absolute Gasteiger partial charge is 0.344 e. The van der Waals surface area contributed by atoms with Crippen LogP contribution in [0, 0.1) is 17.0 Å². The molecule has 3 rings (SSSR count). The van der Waals surface area contributed by atoms with Gasteiger partial charge in [-0.2, -0.15) is 5.10 Å². The summed E-state index contributed by atoms with van der Waals surface area (Å²) in [6, 6.07) is 9.54. The molecule has 10 heteroatoms. The predicted molar refractivity (Wildman–Crippen MR) is 115 cm³/mol. The van der Waals surface area contributed by atoms with Crippen molar-refractivity contribution in [3.8, 4) is 5.88 Å². The lowest BCUT2D eigenvalue weighted by Crippen LogP contribution is -2.15. The van der Waals surface area contributed by atoms with Gasteiger partial charge < -0.3 is 4.74 Å². The molecule has 0 aliphatic heterocycles. The lowest BCUT2D eigenvalue weighted by molar-refractivity contribution is -0.384. The maximum Gasteiger partial charge on any atom is 0.344 e. The third-order valence-corrected chi connectivity index (χ3v) is 4.85. The Morgan fingerprint density at radius 1 is 1.23 bits per heavy atom. The first-order chi connectivity index (χ1) is 14.7. The molecule has 0 bridgehead atoms. The minimum absolute atomic E-state index is 0.0114. The molecule has 0 atom stereocenters. The van der Waals surface area contributed by atoms with Crippen molar-refractivity contribution in [3.63, 3.8) is 0 Å². The van der Waals surface area contributed by atoms with E-state index in [1.807, 2.05) is 0 Å². The molecule has 31 heavy (non-hydrogen) atoms. The van der Waals surface area contributed by atoms with Gasteiger partial charge in [0.1, 0.15) is 5.56 Å². The summed E-state index contributed by atoms with van der Waals surface area (Å²) in [6.07, 6.45) is 1.53. The third kappa shape index (κ3) is 4.65. The number of carbonyl (C=O) groups is 2. The molecule has 1 heterocycles. The highest BCUT2D eigenvalue weighted by Gasteiger charge is 2.28. The first-order valence-corrected chi connectivity index (χ1v) is 9.63. The van der Waals surface area contributed by atoms with Crippen molar-refractivity contribution in [2.75, 3.05) is 0 Å². The summed E-state index contributed by atoms with van der Waals surface area (Å²) < 4.78 is 6.84. The number of carbonyl (C=O) groups excluding carboxylic acids is 2. The maximum absolute atomic E-state index is 13.2. The number of rotatable bonds is 7. The van der Waals surface area contributed by atoms with Crippen molar-refractivity contribution in [3.05, 3.63) is 97.7 Å². The Morgan fingerprint density at radius 3 is 2.48 bits per heavy atom. The zero-order valence-corrected chi connectivity index (χ0v) is 17.7. The molecule has 0 unspecified atom stereocenters. The standard InChI is InChI=1S/C21H15Cl2N3O5/c1-3-10-25-20(31-21(28)13-4-6-14(22)7-5-13)18(12(2)24-25)19(27)16-9-8-15(26(29)30)11-17(16)23/h3-9,11H,1,10H2,2H3. The number of ketones is 1. The summed E-state index contributed by atoms with van der Waals surface area (Å²) in [7, 11) is 0. The van der Waals surface area contributed by atoms with E-state index in [0.29, 0.717) is 10.7 Å². The van der Waals surface area contributed by atoms with Crippen LogP contribution in [0.5, 0.6) is 5.88 Å². The lowest BCUT2D eigenvalue weighted by Gasteiger charge is -2.09. The summed E-state index contributed by atoms with van der Waals surface area (Å²) in [5, 5.41) is 15.5. The summed E-state index contributed by atoms with van der Waals surface area (Å²) in [5.74, 6) is -1.39. The number of halogens is 2. The van der Waals surface area contributed by atoms with E-state index in [4.69, 9.17) is 27.9 Å². The van der Waals surface area contributed by atoms with Gasteiger partial charge in [-0.1, -0.05) is 29.3 Å². The molecular weight excluding hydrogens is 445 g/mol. The van der Waals surface area contributed by atoms with E-state index in [0.717, 1.165) is 6.07 Å². The van der Waals surface area contributed by atoms with Gasteiger partial charge in [0.2, 0.25) is 11.7 Å². The monoisotopic (exact) mass is 459 g/mol. The van der Waals surface area contributed by atoms with Gasteiger partial charge >= 0.3 is 5.97 Å². The fourth-order valence-corrected chi connectivity index (χ4v) is 3.23. The molecule has 0 aliphatic carbocycles. The van der Waals surface area contributed by atoms with Crippen molar-refractivity contribution in [2.24, 2.45) is 0 Å². The van der Waals surface area contributed by atoms with Crippen LogP contribution in [-0.2, 0) is 6.54 Å². The van der Waals surface area contributed by atoms with Crippen LogP contribution in [0.15, 0.2) is 55.1 Å². The zero-order valence-electron chi connectivity index (χ0n) is 16.2. The Kier molecular flexibility index (Phi) is 6.53. The topological polar surface area (TPSA) is 104 Å². The number of hydrogen-bond acceptors (Lipinski definition) is 6. The second-order valence-corrected chi connectivity index (χ2v) is 7.23. The molecule has 0 spiro atoms. The van der Waals surface area contributed by atoms with E-state index < -0.39 is 16.7 Å². The highest BCUT2D eigenvalue weighted by molar-refractivity contribution is 6.35. The molecule has 8 nitrogen and oxygen atoms in total. The van der Waals surface area contributed by atoms with Crippen LogP contribution < -0.4 is 4.74 Å². The number of benzene rings is 2. The predicted octanol–water partition coefficient (Wildman–Crippen LogP) is 5.04. The van der Waals surface area contributed by atoms with Crippen LogP contribution >= 0.6 is 23.2 Å². The van der Waals surface area contributed by atoms with Crippen molar-refractivity contribution in [1.82, 2.24) is 9.78 Å². The molecule has 1 aromatic heterocycles. The first kappa shape index (κ1) is 22.2. The zero-order chi connectivity index (χ0) is 22.7. The molecule has 0 aliphatic rings. The second kappa shape index (κ2) is 9.11. The van der Waals surface area contributed by atoms with Gasteiger partial charge in [0.25, 0.3) is 5.69 Å². The van der Waals surface area contributed by atoms with E-state index in [1.165, 1.54) is 47.2 Å². The Balaban J connectivity index is 2.05. The SMILES string of the molecule is C=CCn1nc(C)c(C(=O)c2ccc([N+](=O)[O-])cc2Cl)c1OC(=O)c1ccc(Cl)cc1. The Hall–Kier alpha value is -3.49. The van der Waals surface area contributed by atoms with Gasteiger partial charge in [0, 0.05) is 22.7 Å². The highest BCUT2D eigenvalue weighted by atomic mass is 35.5. The number of nitro groups is 1. The number of aryl methyl sites for hydroxylation is 1. The first-order valence-electron chi connectivity index (χ1n) is 8.87. The second-order valence-electron chi connectivity index (χ2n) is 6.38. The fraction of sp³-hybridized carbons (Fsp3) is 0.0952. The molecule has 3 aromatic rings. The van der Waals surface area contributed by atoms with Crippen molar-refractivity contribution in [1.29, 1.82) is 0 Å². The molecule has 158 valence electrons. The van der Waals surface area contributed by atoms with Crippen LogP contribution in [0.2, 0.25) is 10.0 Å². The number of allylic oxidation sites excluding steroid dienone is 1. The molecular formula is C21H15Cl2N3O5. The number of ether oxygens (including phenoxy) is 1. The molecule has 0 radical (unpaired) electrons. The number of nitro benzene ring substituents is 1. The van der Waals surface area contributed by atoms with E-state index in [9.17, 15) is 19.7 Å². The molecule has 0 saturated heterocycles. The average molecular weight is 460 g/mol. The van der Waals surface area contributed by atoms with E-state index >= 15 is 0 Å². The number of hydrogen-bond donors (Lipinski definition) is 0. The third-order valence-electron chi connectivity index (χ3n) is 4.29. The van der Waals surface area contributed by atoms with E-state index in [-0.39, 0.29) is 39.8 Å². The van der Waals surface area contributed by atoms with Crippen molar-refractivity contribution >= 4 is 40.6 Å². The quantitative estimate of drug-likeness (QED) is 0.161. The van der Waals surface area contributed by atoms with Crippen LogP contribution in [-0.4, -0.2) is 26.5 Å². The normalized spacial score (nSPS) is 10.5. The Morgan fingerprint density at radius 2 is 1.90 bits per heavy atom. The summed E-state index contributed by atoms with van der Waals surface area (Å²) in [4.78, 5) is 36.2. The minimum Gasteiger partial charge on any atom is -0.403 e. The number of esters is 1. The van der Waals surface area contributed by atoms with E-state index in [1.54, 1.807) is 6.92 Å². The lowest BCUT2D eigenvalue weighted by atomic mass is 10.0. The van der Waals surface area contributed by atoms with Crippen molar-refractivity contribution < 1.29 is 19.2 Å². The average Bonchev–Trinajstić information content (AvgIpc) is 3.02. The highest BCUT2D eigenvalue weighted by Crippen LogP contribution is 2.31. The molecule has 2 aromatic carbocycles. The van der Waals surface area contributed by atoms with Gasteiger partial charge in [0.05, 0.1) is 27.7 Å². The van der Waals surface area contributed by atoms with Crippen LogP contribution in [0.25, 0.3) is 0 Å². The van der Waals surface area contributed by atoms with Crippen LogP contribution in [0.4, 0.5) is 5.69 Å². The Labute approximate surface area is 186 Å². The molecule has 0 fully saturated rings. The van der Waals surface area contributed by atoms with E-state index in [2.05, 4.69) is 11.7 Å². The van der Waals surface area contributed by atoms with Gasteiger partial charge in [-0.15, -0.1) is 6.58 Å². The van der Waals surface area contributed by atoms with Gasteiger partial charge in [-0.3, -0.25) is 14.9 Å². The summed E-state index contributed by atoms with van der Waals surface area (Å²) in [5.41, 5.74) is 0.285. The maximum atomic E-state index is 13.2. The van der Waals surface area contributed by atoms with Gasteiger partial charge in [-0.05, 0) is 37.3 Å². The Bertz CT molecular complexity index is 1200. The van der Waals surface area contributed by atoms with Crippen LogP contribution in [0.3, 0.4) is 0 Å². The van der Waals surface area contributed by atoms with Gasteiger partial charge in [-0.25, -0.2) is 9.48 Å². The van der Waals surface area contributed by atoms with Crippen molar-refractivity contribution in [2.45, 2.75) is 13.5 Å². The number of non-ortho nitro benzene ring substituents is 1. The van der Waals surface area contributed by atoms with Gasteiger partial charge in [0.15, 0.2) is 0 Å². The molecule has 0 N–H and O–H groups in total. The molecule has 0 amide bonds. The summed E-state index contributed by atoms with van der Waals surface area (Å²) >= 11 is 12.0. The van der Waals surface area contributed by atoms with Crippen LogP contribution in [0.1, 0.15) is 32.0 Å². The largest absolute Gasteiger partial charge is 0.403 e.